The van der Waals surface area contributed by atoms with E-state index in [-0.39, 0.29) is 5.91 Å². The number of likely N-dealkylation sites (tertiary alicyclic amines) is 1. The summed E-state index contributed by atoms with van der Waals surface area (Å²) in [6, 6.07) is 8.00. The number of carbonyl (C=O) groups excluding carboxylic acids is 1. The van der Waals surface area contributed by atoms with E-state index >= 15 is 0 Å². The van der Waals surface area contributed by atoms with Crippen LogP contribution in [0.3, 0.4) is 0 Å². The molecule has 98 valence electrons. The second-order valence-electron chi connectivity index (χ2n) is 5.45. The predicted octanol–water partition coefficient (Wildman–Crippen LogP) is 1.80. The van der Waals surface area contributed by atoms with Gasteiger partial charge in [-0.1, -0.05) is 38.1 Å². The van der Waals surface area contributed by atoms with Crippen LogP contribution in [0.4, 0.5) is 0 Å². The highest BCUT2D eigenvalue weighted by Gasteiger charge is 2.28. The fourth-order valence-electron chi connectivity index (χ4n) is 2.41. The van der Waals surface area contributed by atoms with E-state index in [1.54, 1.807) is 0 Å². The molecule has 1 aromatic carbocycles. The molecule has 0 saturated carbocycles. The van der Waals surface area contributed by atoms with Gasteiger partial charge in [0.05, 0.1) is 6.42 Å². The van der Waals surface area contributed by atoms with E-state index in [4.69, 9.17) is 5.73 Å². The fourth-order valence-corrected chi connectivity index (χ4v) is 2.41. The quantitative estimate of drug-likeness (QED) is 0.884. The maximum absolute atomic E-state index is 12.2. The lowest BCUT2D eigenvalue weighted by molar-refractivity contribution is -0.129. The Bertz CT molecular complexity index is 403. The molecule has 0 aliphatic carbocycles. The second kappa shape index (κ2) is 5.53. The van der Waals surface area contributed by atoms with Crippen LogP contribution in [0.25, 0.3) is 0 Å². The van der Waals surface area contributed by atoms with Gasteiger partial charge in [-0.05, 0) is 23.0 Å². The minimum atomic E-state index is 0.242. The van der Waals surface area contributed by atoms with Crippen molar-refractivity contribution in [3.8, 4) is 0 Å². The zero-order valence-electron chi connectivity index (χ0n) is 11.2. The molecule has 0 spiro atoms. The molecule has 2 unspecified atom stereocenters. The van der Waals surface area contributed by atoms with Crippen LogP contribution in [0.15, 0.2) is 24.3 Å². The maximum atomic E-state index is 12.2. The van der Waals surface area contributed by atoms with Crippen molar-refractivity contribution >= 4 is 5.91 Å². The van der Waals surface area contributed by atoms with Gasteiger partial charge < -0.3 is 10.6 Å². The van der Waals surface area contributed by atoms with Gasteiger partial charge in [0.1, 0.15) is 0 Å². The monoisotopic (exact) mass is 246 g/mol. The summed E-state index contributed by atoms with van der Waals surface area (Å²) in [5.41, 5.74) is 7.74. The van der Waals surface area contributed by atoms with Crippen LogP contribution in [0, 0.1) is 11.8 Å². The summed E-state index contributed by atoms with van der Waals surface area (Å²) in [6.45, 7) is 6.79. The van der Waals surface area contributed by atoms with Gasteiger partial charge in [0.2, 0.25) is 5.91 Å². The Morgan fingerprint density at radius 2 is 1.67 bits per heavy atom. The molecule has 2 N–H and O–H groups in total. The third-order valence-corrected chi connectivity index (χ3v) is 3.95. The average molecular weight is 246 g/mol. The van der Waals surface area contributed by atoms with Crippen molar-refractivity contribution in [2.45, 2.75) is 26.8 Å². The maximum Gasteiger partial charge on any atom is 0.227 e. The number of hydrogen-bond donors (Lipinski definition) is 1. The number of nitrogens with two attached hydrogens (primary N) is 1. The highest BCUT2D eigenvalue weighted by Crippen LogP contribution is 2.22. The van der Waals surface area contributed by atoms with Crippen molar-refractivity contribution in [3.63, 3.8) is 0 Å². The molecule has 1 aliphatic heterocycles. The normalized spacial score (nSPS) is 23.4. The number of carbonyl (C=O) groups is 1. The number of nitrogens with zero attached hydrogens (tertiary/aromatic N) is 1. The van der Waals surface area contributed by atoms with E-state index in [0.29, 0.717) is 24.8 Å². The van der Waals surface area contributed by atoms with Gasteiger partial charge in [0.15, 0.2) is 0 Å². The number of amides is 1. The fraction of sp³-hybridized carbons (Fsp3) is 0.533. The summed E-state index contributed by atoms with van der Waals surface area (Å²) in [6.07, 6.45) is 0.504. The van der Waals surface area contributed by atoms with E-state index in [2.05, 4.69) is 13.8 Å². The minimum absolute atomic E-state index is 0.242. The molecule has 1 aliphatic rings. The van der Waals surface area contributed by atoms with Crippen LogP contribution >= 0.6 is 0 Å². The molecule has 3 heteroatoms. The second-order valence-corrected chi connectivity index (χ2v) is 5.45. The van der Waals surface area contributed by atoms with Crippen LogP contribution in [-0.2, 0) is 17.8 Å². The Morgan fingerprint density at radius 3 is 2.17 bits per heavy atom. The zero-order chi connectivity index (χ0) is 13.1. The largest absolute Gasteiger partial charge is 0.342 e. The standard InChI is InChI=1S/C15H22N2O/c1-11-9-17(10-12(11)2)15(18)7-13-3-5-14(8-16)6-4-13/h3-6,11-12H,7-10,16H2,1-2H3. The summed E-state index contributed by atoms with van der Waals surface area (Å²) in [7, 11) is 0. The molecule has 1 fully saturated rings. The van der Waals surface area contributed by atoms with Crippen LogP contribution in [-0.4, -0.2) is 23.9 Å². The lowest BCUT2D eigenvalue weighted by Gasteiger charge is -2.16. The van der Waals surface area contributed by atoms with Gasteiger partial charge in [-0.25, -0.2) is 0 Å². The molecular weight excluding hydrogens is 224 g/mol. The first-order valence-electron chi connectivity index (χ1n) is 6.65. The Morgan fingerprint density at radius 1 is 1.17 bits per heavy atom. The van der Waals surface area contributed by atoms with Gasteiger partial charge in [-0.3, -0.25) is 4.79 Å². The molecule has 2 atom stereocenters. The van der Waals surface area contributed by atoms with Gasteiger partial charge >= 0.3 is 0 Å². The topological polar surface area (TPSA) is 46.3 Å². The average Bonchev–Trinajstić information content (AvgIpc) is 2.71. The summed E-state index contributed by atoms with van der Waals surface area (Å²) in [5, 5.41) is 0. The van der Waals surface area contributed by atoms with Crippen molar-refractivity contribution in [2.75, 3.05) is 13.1 Å². The summed E-state index contributed by atoms with van der Waals surface area (Å²) in [5.74, 6) is 1.48. The van der Waals surface area contributed by atoms with Gasteiger partial charge in [0, 0.05) is 19.6 Å². The zero-order valence-corrected chi connectivity index (χ0v) is 11.2. The van der Waals surface area contributed by atoms with E-state index in [9.17, 15) is 4.79 Å². The van der Waals surface area contributed by atoms with Gasteiger partial charge in [-0.2, -0.15) is 0 Å². The van der Waals surface area contributed by atoms with Crippen molar-refractivity contribution in [2.24, 2.45) is 17.6 Å². The Balaban J connectivity index is 1.94. The SMILES string of the molecule is CC1CN(C(=O)Cc2ccc(CN)cc2)CC1C. The molecule has 1 heterocycles. The molecule has 2 rings (SSSR count). The molecule has 1 saturated heterocycles. The van der Waals surface area contributed by atoms with Crippen molar-refractivity contribution in [1.29, 1.82) is 0 Å². The van der Waals surface area contributed by atoms with Crippen LogP contribution in [0.2, 0.25) is 0 Å². The van der Waals surface area contributed by atoms with Gasteiger partial charge in [0.25, 0.3) is 0 Å². The first kappa shape index (κ1) is 13.1. The molecule has 0 radical (unpaired) electrons. The Kier molecular flexibility index (Phi) is 4.02. The lowest BCUT2D eigenvalue weighted by atomic mass is 10.0. The highest BCUT2D eigenvalue weighted by atomic mass is 16.2. The number of rotatable bonds is 3. The molecule has 0 aromatic heterocycles. The Hall–Kier alpha value is -1.35. The van der Waals surface area contributed by atoms with E-state index in [1.165, 1.54) is 0 Å². The third-order valence-electron chi connectivity index (χ3n) is 3.95. The van der Waals surface area contributed by atoms with Crippen LogP contribution < -0.4 is 5.73 Å². The molecule has 1 aromatic rings. The smallest absolute Gasteiger partial charge is 0.227 e. The van der Waals surface area contributed by atoms with Crippen LogP contribution in [0.5, 0.6) is 0 Å². The molecule has 1 amide bonds. The minimum Gasteiger partial charge on any atom is -0.342 e. The van der Waals surface area contributed by atoms with Gasteiger partial charge in [-0.15, -0.1) is 0 Å². The number of benzene rings is 1. The van der Waals surface area contributed by atoms with Crippen molar-refractivity contribution in [3.05, 3.63) is 35.4 Å². The van der Waals surface area contributed by atoms with Crippen molar-refractivity contribution in [1.82, 2.24) is 4.90 Å². The third kappa shape index (κ3) is 2.91. The lowest BCUT2D eigenvalue weighted by Crippen LogP contribution is -2.30. The molecular formula is C15H22N2O. The van der Waals surface area contributed by atoms with E-state index < -0.39 is 0 Å². The van der Waals surface area contributed by atoms with Crippen LogP contribution in [0.1, 0.15) is 25.0 Å². The molecule has 3 nitrogen and oxygen atoms in total. The first-order valence-corrected chi connectivity index (χ1v) is 6.65. The van der Waals surface area contributed by atoms with E-state index in [1.807, 2.05) is 29.2 Å². The Labute approximate surface area is 109 Å². The summed E-state index contributed by atoms with van der Waals surface area (Å²) in [4.78, 5) is 14.2. The van der Waals surface area contributed by atoms with Crippen molar-refractivity contribution < 1.29 is 4.79 Å². The highest BCUT2D eigenvalue weighted by molar-refractivity contribution is 5.79. The summed E-state index contributed by atoms with van der Waals surface area (Å²) >= 11 is 0. The predicted molar refractivity (Wildman–Crippen MR) is 72.9 cm³/mol. The number of hydrogen-bond acceptors (Lipinski definition) is 2. The summed E-state index contributed by atoms with van der Waals surface area (Å²) < 4.78 is 0. The first-order chi connectivity index (χ1) is 8.60. The van der Waals surface area contributed by atoms with E-state index in [0.717, 1.165) is 24.2 Å². The molecule has 18 heavy (non-hydrogen) atoms. The molecule has 0 bridgehead atoms.